The van der Waals surface area contributed by atoms with Gasteiger partial charge in [0.15, 0.2) is 0 Å². The van der Waals surface area contributed by atoms with E-state index in [1.165, 1.54) is 0 Å². The molecule has 2 aliphatic rings. The summed E-state index contributed by atoms with van der Waals surface area (Å²) in [4.78, 5) is 13.8. The highest BCUT2D eigenvalue weighted by molar-refractivity contribution is 5.68. The molecule has 19 heavy (non-hydrogen) atoms. The molecule has 0 N–H and O–H groups in total. The van der Waals surface area contributed by atoms with Gasteiger partial charge in [0.2, 0.25) is 0 Å². The number of carbonyl (C=O) groups excluding carboxylic acids is 1. The molecule has 1 atom stereocenters. The lowest BCUT2D eigenvalue weighted by atomic mass is 9.86. The van der Waals surface area contributed by atoms with Crippen LogP contribution < -0.4 is 0 Å². The normalized spacial score (nSPS) is 26.0. The van der Waals surface area contributed by atoms with Gasteiger partial charge in [0, 0.05) is 13.0 Å². The maximum absolute atomic E-state index is 12.0. The van der Waals surface area contributed by atoms with E-state index in [9.17, 15) is 4.79 Å². The van der Waals surface area contributed by atoms with Crippen LogP contribution in [0.4, 0.5) is 4.79 Å². The van der Waals surface area contributed by atoms with E-state index in [1.807, 2.05) is 30.3 Å². The van der Waals surface area contributed by atoms with Gasteiger partial charge in [0.05, 0.1) is 18.8 Å². The summed E-state index contributed by atoms with van der Waals surface area (Å²) >= 11 is 0. The number of benzene rings is 1. The highest BCUT2D eigenvalue weighted by atomic mass is 16.6. The summed E-state index contributed by atoms with van der Waals surface area (Å²) in [6, 6.07) is 9.76. The van der Waals surface area contributed by atoms with Gasteiger partial charge in [-0.05, 0) is 18.4 Å². The minimum Gasteiger partial charge on any atom is -0.445 e. The van der Waals surface area contributed by atoms with Crippen LogP contribution in [0.3, 0.4) is 0 Å². The monoisotopic (exact) mass is 261 g/mol. The molecular formula is C15H19NO3. The van der Waals surface area contributed by atoms with Gasteiger partial charge in [-0.2, -0.15) is 0 Å². The Labute approximate surface area is 113 Å². The van der Waals surface area contributed by atoms with Crippen molar-refractivity contribution in [1.29, 1.82) is 0 Å². The Hall–Kier alpha value is -1.55. The highest BCUT2D eigenvalue weighted by Crippen LogP contribution is 2.35. The SMILES string of the molecule is O=C(OCc1ccccc1)N1CCCC2(CCO2)C1. The molecule has 1 aromatic carbocycles. The molecule has 2 aliphatic heterocycles. The lowest BCUT2D eigenvalue weighted by Gasteiger charge is -2.47. The molecule has 2 heterocycles. The van der Waals surface area contributed by atoms with Gasteiger partial charge < -0.3 is 14.4 Å². The fraction of sp³-hybridized carbons (Fsp3) is 0.533. The predicted molar refractivity (Wildman–Crippen MR) is 70.7 cm³/mol. The fourth-order valence-corrected chi connectivity index (χ4v) is 2.78. The Morgan fingerprint density at radius 1 is 1.32 bits per heavy atom. The van der Waals surface area contributed by atoms with E-state index in [1.54, 1.807) is 4.90 Å². The van der Waals surface area contributed by atoms with Crippen molar-refractivity contribution in [2.45, 2.75) is 31.5 Å². The molecule has 1 unspecified atom stereocenters. The van der Waals surface area contributed by atoms with Crippen molar-refractivity contribution >= 4 is 6.09 Å². The van der Waals surface area contributed by atoms with Crippen LogP contribution in [-0.2, 0) is 16.1 Å². The van der Waals surface area contributed by atoms with E-state index < -0.39 is 0 Å². The summed E-state index contributed by atoms with van der Waals surface area (Å²) in [5, 5.41) is 0. The minimum absolute atomic E-state index is 0.0655. The van der Waals surface area contributed by atoms with Crippen LogP contribution in [0.25, 0.3) is 0 Å². The first-order valence-electron chi connectivity index (χ1n) is 6.87. The average molecular weight is 261 g/mol. The minimum atomic E-state index is -0.224. The van der Waals surface area contributed by atoms with E-state index in [0.29, 0.717) is 13.2 Å². The molecule has 3 rings (SSSR count). The third-order valence-electron chi connectivity index (χ3n) is 3.97. The number of rotatable bonds is 2. The maximum atomic E-state index is 12.0. The molecule has 1 spiro atoms. The van der Waals surface area contributed by atoms with Crippen LogP contribution in [0.2, 0.25) is 0 Å². The summed E-state index contributed by atoms with van der Waals surface area (Å²) in [6.45, 7) is 2.62. The zero-order chi connectivity index (χ0) is 13.1. The number of hydrogen-bond acceptors (Lipinski definition) is 3. The second kappa shape index (κ2) is 5.21. The molecular weight excluding hydrogens is 242 g/mol. The number of ether oxygens (including phenoxy) is 2. The summed E-state index contributed by atoms with van der Waals surface area (Å²) < 4.78 is 11.0. The Morgan fingerprint density at radius 2 is 2.11 bits per heavy atom. The summed E-state index contributed by atoms with van der Waals surface area (Å²) in [5.41, 5.74) is 0.951. The zero-order valence-electron chi connectivity index (χ0n) is 11.0. The van der Waals surface area contributed by atoms with E-state index in [0.717, 1.165) is 38.0 Å². The number of nitrogens with zero attached hydrogens (tertiary/aromatic N) is 1. The first kappa shape index (κ1) is 12.5. The molecule has 102 valence electrons. The number of piperidine rings is 1. The van der Waals surface area contributed by atoms with E-state index in [2.05, 4.69) is 0 Å². The smallest absolute Gasteiger partial charge is 0.410 e. The first-order chi connectivity index (χ1) is 9.27. The van der Waals surface area contributed by atoms with E-state index >= 15 is 0 Å². The maximum Gasteiger partial charge on any atom is 0.410 e. The number of amides is 1. The third-order valence-corrected chi connectivity index (χ3v) is 3.97. The van der Waals surface area contributed by atoms with Gasteiger partial charge >= 0.3 is 6.09 Å². The fourth-order valence-electron chi connectivity index (χ4n) is 2.78. The van der Waals surface area contributed by atoms with Gasteiger partial charge in [-0.3, -0.25) is 0 Å². The standard InChI is InChI=1S/C15H19NO3/c17-14(18-11-13-5-2-1-3-6-13)16-9-4-7-15(12-16)8-10-19-15/h1-3,5-6H,4,7-12H2. The average Bonchev–Trinajstić information content (AvgIpc) is 2.44. The van der Waals surface area contributed by atoms with Gasteiger partial charge in [-0.1, -0.05) is 30.3 Å². The second-order valence-corrected chi connectivity index (χ2v) is 5.35. The third kappa shape index (κ3) is 2.73. The van der Waals surface area contributed by atoms with Gasteiger partial charge in [0.1, 0.15) is 6.61 Å². The van der Waals surface area contributed by atoms with Gasteiger partial charge in [-0.15, -0.1) is 0 Å². The number of hydrogen-bond donors (Lipinski definition) is 0. The Balaban J connectivity index is 1.52. The Morgan fingerprint density at radius 3 is 2.79 bits per heavy atom. The van der Waals surface area contributed by atoms with Crippen molar-refractivity contribution in [3.05, 3.63) is 35.9 Å². The van der Waals surface area contributed by atoms with Crippen molar-refractivity contribution in [2.24, 2.45) is 0 Å². The summed E-state index contributed by atoms with van der Waals surface area (Å²) in [5.74, 6) is 0. The summed E-state index contributed by atoms with van der Waals surface area (Å²) in [6.07, 6.45) is 2.91. The van der Waals surface area contributed by atoms with E-state index in [4.69, 9.17) is 9.47 Å². The van der Waals surface area contributed by atoms with Crippen molar-refractivity contribution in [2.75, 3.05) is 19.7 Å². The molecule has 1 aromatic rings. The molecule has 2 fully saturated rings. The quantitative estimate of drug-likeness (QED) is 0.821. The highest BCUT2D eigenvalue weighted by Gasteiger charge is 2.43. The van der Waals surface area contributed by atoms with Crippen molar-refractivity contribution in [3.63, 3.8) is 0 Å². The summed E-state index contributed by atoms with van der Waals surface area (Å²) in [7, 11) is 0. The zero-order valence-corrected chi connectivity index (χ0v) is 11.0. The van der Waals surface area contributed by atoms with Crippen LogP contribution in [0.15, 0.2) is 30.3 Å². The number of likely N-dealkylation sites (tertiary alicyclic amines) is 1. The molecule has 0 radical (unpaired) electrons. The van der Waals surface area contributed by atoms with Crippen LogP contribution in [-0.4, -0.2) is 36.3 Å². The molecule has 0 aromatic heterocycles. The topological polar surface area (TPSA) is 38.8 Å². The molecule has 1 amide bonds. The van der Waals surface area contributed by atoms with Gasteiger partial charge in [-0.25, -0.2) is 4.79 Å². The van der Waals surface area contributed by atoms with Crippen molar-refractivity contribution in [3.8, 4) is 0 Å². The van der Waals surface area contributed by atoms with E-state index in [-0.39, 0.29) is 11.7 Å². The van der Waals surface area contributed by atoms with Gasteiger partial charge in [0.25, 0.3) is 0 Å². The molecule has 0 bridgehead atoms. The lowest BCUT2D eigenvalue weighted by molar-refractivity contribution is -0.173. The van der Waals surface area contributed by atoms with Crippen LogP contribution in [0, 0.1) is 0 Å². The van der Waals surface area contributed by atoms with Crippen molar-refractivity contribution < 1.29 is 14.3 Å². The van der Waals surface area contributed by atoms with Crippen molar-refractivity contribution in [1.82, 2.24) is 4.90 Å². The molecule has 0 aliphatic carbocycles. The van der Waals surface area contributed by atoms with Crippen LogP contribution in [0.1, 0.15) is 24.8 Å². The second-order valence-electron chi connectivity index (χ2n) is 5.35. The molecule has 0 saturated carbocycles. The molecule has 4 heteroatoms. The first-order valence-corrected chi connectivity index (χ1v) is 6.87. The Kier molecular flexibility index (Phi) is 3.42. The Bertz CT molecular complexity index is 442. The molecule has 2 saturated heterocycles. The number of carbonyl (C=O) groups is 1. The van der Waals surface area contributed by atoms with Crippen LogP contribution in [0.5, 0.6) is 0 Å². The van der Waals surface area contributed by atoms with Crippen LogP contribution >= 0.6 is 0 Å². The molecule has 4 nitrogen and oxygen atoms in total. The lowest BCUT2D eigenvalue weighted by Crippen LogP contribution is -2.57. The largest absolute Gasteiger partial charge is 0.445 e. The predicted octanol–water partition coefficient (Wildman–Crippen LogP) is 2.58.